The minimum absolute atomic E-state index is 0.394. The fourth-order valence-electron chi connectivity index (χ4n) is 9.53. The first-order valence-electron chi connectivity index (χ1n) is 22.8. The van der Waals surface area contributed by atoms with Gasteiger partial charge in [0.2, 0.25) is 0 Å². The molecule has 0 nitrogen and oxygen atoms in total. The molecule has 0 atom stereocenters. The van der Waals surface area contributed by atoms with Gasteiger partial charge in [0, 0.05) is 31.7 Å². The first-order chi connectivity index (χ1) is 25.7. The molecule has 2 fully saturated rings. The molecular formula is C50H106Cl2P4Ru2+7. The molecule has 0 radical (unpaired) electrons. The fourth-order valence-corrected chi connectivity index (χ4v) is 40.0. The molecule has 0 aromatic carbocycles. The van der Waals surface area contributed by atoms with Gasteiger partial charge in [-0.2, -0.15) is 0 Å². The van der Waals surface area contributed by atoms with Crippen LogP contribution in [0.5, 0.6) is 0 Å². The third kappa shape index (κ3) is 28.6. The molecule has 2 saturated carbocycles. The van der Waals surface area contributed by atoms with Crippen LogP contribution < -0.4 is 0 Å². The summed E-state index contributed by atoms with van der Waals surface area (Å²) in [6.07, 6.45) is 18.1. The van der Waals surface area contributed by atoms with Crippen LogP contribution in [-0.2, 0) is 31.4 Å². The topological polar surface area (TPSA) is 0 Å². The molecule has 0 amide bonds. The van der Waals surface area contributed by atoms with Gasteiger partial charge < -0.3 is 0 Å². The van der Waals surface area contributed by atoms with Crippen LogP contribution in [0.15, 0.2) is 23.3 Å². The molecule has 2 aliphatic rings. The van der Waals surface area contributed by atoms with E-state index in [1.807, 2.05) is 0 Å². The summed E-state index contributed by atoms with van der Waals surface area (Å²) in [6.45, 7) is 59.3. The number of rotatable bonds is 6. The Hall–Kier alpha value is 2.77. The third-order valence-electron chi connectivity index (χ3n) is 11.6. The van der Waals surface area contributed by atoms with Gasteiger partial charge in [-0.25, -0.2) is 0 Å². The van der Waals surface area contributed by atoms with E-state index in [-0.39, 0.29) is 0 Å². The third-order valence-corrected chi connectivity index (χ3v) is 34.0. The van der Waals surface area contributed by atoms with Gasteiger partial charge in [0.25, 0.3) is 0 Å². The Labute approximate surface area is 395 Å². The van der Waals surface area contributed by atoms with Crippen LogP contribution in [0, 0.1) is 19.4 Å². The molecule has 2 rings (SSSR count). The second-order valence-electron chi connectivity index (χ2n) is 25.5. The zero-order valence-corrected chi connectivity index (χ0v) is 52.4. The Balaban J connectivity index is 0. The van der Waals surface area contributed by atoms with Gasteiger partial charge >= 0.3 is 147 Å². The minimum atomic E-state index is -1.31. The van der Waals surface area contributed by atoms with E-state index < -0.39 is 45.2 Å². The molecule has 2 aliphatic carbocycles. The second-order valence-corrected chi connectivity index (χ2v) is 51.2. The van der Waals surface area contributed by atoms with Crippen LogP contribution in [0.2, 0.25) is 0 Å². The summed E-state index contributed by atoms with van der Waals surface area (Å²) in [7, 11) is 8.43. The molecule has 0 heterocycles. The van der Waals surface area contributed by atoms with E-state index in [0.717, 1.165) is 0 Å². The zero-order valence-electron chi connectivity index (χ0n) is 43.3. The van der Waals surface area contributed by atoms with Crippen LogP contribution >= 0.6 is 31.7 Å². The molecule has 0 aromatic rings. The van der Waals surface area contributed by atoms with Gasteiger partial charge in [-0.05, 0) is 166 Å². The molecule has 0 spiro atoms. The first kappa shape index (κ1) is 62.9. The predicted molar refractivity (Wildman–Crippen MR) is 278 cm³/mol. The monoisotopic (exact) mass is 1100 g/mol. The first-order valence-corrected chi connectivity index (χ1v) is 36.4. The van der Waals surface area contributed by atoms with Gasteiger partial charge in [-0.15, -0.1) is 0 Å². The molecule has 8 heteroatoms. The van der Waals surface area contributed by atoms with E-state index in [1.165, 1.54) is 76.0 Å². The molecular weight excluding hydrogens is 997 g/mol. The maximum absolute atomic E-state index is 5.01. The summed E-state index contributed by atoms with van der Waals surface area (Å²) in [5.74, 6) is 3.05. The Kier molecular flexibility index (Phi) is 29.0. The van der Waals surface area contributed by atoms with Crippen molar-refractivity contribution in [2.75, 3.05) is 11.8 Å². The summed E-state index contributed by atoms with van der Waals surface area (Å²) in [5, 5.41) is 3.96. The number of allylic oxidation sites excluding steroid dienone is 4. The van der Waals surface area contributed by atoms with Crippen molar-refractivity contribution in [2.45, 2.75) is 272 Å². The summed E-state index contributed by atoms with van der Waals surface area (Å²) in [4.78, 5) is 0. The molecule has 349 valence electrons. The van der Waals surface area contributed by atoms with E-state index in [0.29, 0.717) is 41.2 Å². The molecule has 0 saturated heterocycles. The molecule has 0 aliphatic heterocycles. The van der Waals surface area contributed by atoms with E-state index >= 15 is 0 Å². The van der Waals surface area contributed by atoms with Crippen molar-refractivity contribution >= 4 is 40.9 Å². The fraction of sp³-hybridized carbons (Fsp3) is 0.880. The summed E-state index contributed by atoms with van der Waals surface area (Å²) in [6, 6.07) is 0. The van der Waals surface area contributed by atoms with Crippen molar-refractivity contribution in [3.8, 4) is 0 Å². The van der Waals surface area contributed by atoms with Crippen molar-refractivity contribution in [3.63, 3.8) is 0 Å². The molecule has 58 heavy (non-hydrogen) atoms. The SMILES string of the molecule is CC(C)(C)[PH+](C[PH+](C(C)(C)C)C(C)(C)C)C(C)(C)C.CC(C)(C)[PH+](C[PH+](C(C)(C)C)C(C)(C)C)C(C)(C)C.[ClH+][Ru]([ClH+])=[CH]C=C1CCCCC1.[Ru+]=[CH]C=C1CCCCC1. The van der Waals surface area contributed by atoms with E-state index in [4.69, 9.17) is 19.4 Å². The Morgan fingerprint density at radius 1 is 0.397 bits per heavy atom. The summed E-state index contributed by atoms with van der Waals surface area (Å²) in [5.41, 5.74) is 3.21. The average molecular weight is 1100 g/mol. The van der Waals surface area contributed by atoms with E-state index in [9.17, 15) is 0 Å². The van der Waals surface area contributed by atoms with Crippen LogP contribution in [-0.4, -0.2) is 62.3 Å². The standard InChI is InChI=1S/2C17H38P2.2C8H12.2ClH.2Ru/c2*1-14(2,3)18(15(4,5)6)13-19(16(7,8)9)17(10,11)12;2*1-2-8-6-4-3-5-7-8;;;;/h2*13H2,1-12H3;2*1-2H,3-7H2;2*1H;;/q;;;;;;+1;+2/p+4. The second kappa shape index (κ2) is 26.8. The van der Waals surface area contributed by atoms with E-state index in [1.54, 1.807) is 11.1 Å². The Morgan fingerprint density at radius 2 is 0.603 bits per heavy atom. The average Bonchev–Trinajstić information content (AvgIpc) is 2.97. The van der Waals surface area contributed by atoms with Crippen LogP contribution in [0.1, 0.15) is 230 Å². The van der Waals surface area contributed by atoms with Crippen LogP contribution in [0.3, 0.4) is 0 Å². The quantitative estimate of drug-likeness (QED) is 0.184. The molecule has 0 bridgehead atoms. The van der Waals surface area contributed by atoms with Crippen molar-refractivity contribution < 1.29 is 50.8 Å². The summed E-state index contributed by atoms with van der Waals surface area (Å²) >= 11 is 1.23. The molecule has 0 aromatic heterocycles. The van der Waals surface area contributed by atoms with Crippen LogP contribution in [0.4, 0.5) is 0 Å². The van der Waals surface area contributed by atoms with Gasteiger partial charge in [-0.1, -0.05) is 0 Å². The molecule has 0 unspecified atom stereocenters. The van der Waals surface area contributed by atoms with Gasteiger partial charge in [0.1, 0.15) is 0 Å². The van der Waals surface area contributed by atoms with Crippen molar-refractivity contribution in [1.82, 2.24) is 0 Å². The van der Waals surface area contributed by atoms with Crippen molar-refractivity contribution in [1.29, 1.82) is 0 Å². The Morgan fingerprint density at radius 3 is 0.776 bits per heavy atom. The van der Waals surface area contributed by atoms with Gasteiger partial charge in [0.15, 0.2) is 11.8 Å². The normalized spacial score (nSPS) is 16.8. The maximum atomic E-state index is 5.01. The Bertz CT molecular complexity index is 1060. The summed E-state index contributed by atoms with van der Waals surface area (Å²) < 4.78 is 4.18. The predicted octanol–water partition coefficient (Wildman–Crippen LogP) is 17.0. The number of hydrogen-bond acceptors (Lipinski definition) is 0. The van der Waals surface area contributed by atoms with E-state index in [2.05, 4.69) is 205 Å². The number of hydrogen-bond donors (Lipinski definition) is 0. The number of halogens is 2. The van der Waals surface area contributed by atoms with Crippen LogP contribution in [0.25, 0.3) is 0 Å². The van der Waals surface area contributed by atoms with Crippen molar-refractivity contribution in [2.24, 2.45) is 0 Å². The zero-order chi connectivity index (χ0) is 46.4. The molecule has 0 N–H and O–H groups in total. The van der Waals surface area contributed by atoms with Crippen molar-refractivity contribution in [3.05, 3.63) is 23.3 Å². The van der Waals surface area contributed by atoms with Gasteiger partial charge in [0.05, 0.1) is 41.2 Å². The van der Waals surface area contributed by atoms with Gasteiger partial charge in [-0.3, -0.25) is 0 Å².